The van der Waals surface area contributed by atoms with Crippen LogP contribution in [-0.2, 0) is 11.3 Å². The highest BCUT2D eigenvalue weighted by Crippen LogP contribution is 2.15. The molecule has 0 unspecified atom stereocenters. The standard InChI is InChI=1S/C18H19NO3/c1-14-10-16(12-17(20)11-14)8-5-9-19-18(21)22-13-15-6-3-2-4-7-15/h2-8,10-12,20H,9,13H2,1H3,(H,19,21). The number of phenolic OH excluding ortho intramolecular Hbond substituents is 1. The van der Waals surface area contributed by atoms with E-state index in [1.165, 1.54) is 0 Å². The number of nitrogens with one attached hydrogen (secondary N) is 1. The summed E-state index contributed by atoms with van der Waals surface area (Å²) in [6, 6.07) is 14.8. The molecule has 0 bridgehead atoms. The van der Waals surface area contributed by atoms with Gasteiger partial charge < -0.3 is 15.2 Å². The number of amides is 1. The van der Waals surface area contributed by atoms with Gasteiger partial charge in [-0.05, 0) is 35.7 Å². The van der Waals surface area contributed by atoms with Gasteiger partial charge >= 0.3 is 6.09 Å². The highest BCUT2D eigenvalue weighted by Gasteiger charge is 2.00. The normalized spacial score (nSPS) is 10.6. The third-order valence-corrected chi connectivity index (χ3v) is 2.97. The average Bonchev–Trinajstić information content (AvgIpc) is 2.50. The maximum Gasteiger partial charge on any atom is 0.407 e. The first kappa shape index (κ1) is 15.6. The predicted octanol–water partition coefficient (Wildman–Crippen LogP) is 3.64. The third-order valence-electron chi connectivity index (χ3n) is 2.97. The first-order chi connectivity index (χ1) is 10.6. The maximum absolute atomic E-state index is 11.5. The number of benzene rings is 2. The van der Waals surface area contributed by atoms with E-state index in [0.29, 0.717) is 6.54 Å². The molecular weight excluding hydrogens is 278 g/mol. The minimum absolute atomic E-state index is 0.231. The predicted molar refractivity (Wildman–Crippen MR) is 86.5 cm³/mol. The quantitative estimate of drug-likeness (QED) is 0.886. The first-order valence-corrected chi connectivity index (χ1v) is 7.05. The van der Waals surface area contributed by atoms with Crippen LogP contribution < -0.4 is 5.32 Å². The Bertz CT molecular complexity index is 630. The number of alkyl carbamates (subject to hydrolysis) is 1. The van der Waals surface area contributed by atoms with E-state index in [1.54, 1.807) is 18.2 Å². The molecule has 2 N–H and O–H groups in total. The summed E-state index contributed by atoms with van der Waals surface area (Å²) < 4.78 is 5.09. The monoisotopic (exact) mass is 297 g/mol. The lowest BCUT2D eigenvalue weighted by molar-refractivity contribution is 0.141. The molecule has 0 aliphatic rings. The molecule has 0 fully saturated rings. The van der Waals surface area contributed by atoms with Crippen LogP contribution in [0.25, 0.3) is 6.08 Å². The molecule has 1 amide bonds. The molecule has 0 saturated carbocycles. The van der Waals surface area contributed by atoms with Crippen LogP contribution in [0.15, 0.2) is 54.6 Å². The van der Waals surface area contributed by atoms with Crippen LogP contribution in [0.3, 0.4) is 0 Å². The number of carbonyl (C=O) groups is 1. The zero-order valence-electron chi connectivity index (χ0n) is 12.5. The van der Waals surface area contributed by atoms with E-state index in [4.69, 9.17) is 4.74 Å². The van der Waals surface area contributed by atoms with Crippen molar-refractivity contribution in [2.45, 2.75) is 13.5 Å². The first-order valence-electron chi connectivity index (χ1n) is 7.05. The molecule has 0 aliphatic heterocycles. The number of phenols is 1. The van der Waals surface area contributed by atoms with Gasteiger partial charge in [0.15, 0.2) is 0 Å². The van der Waals surface area contributed by atoms with Crippen LogP contribution in [0.5, 0.6) is 5.75 Å². The van der Waals surface area contributed by atoms with Crippen molar-refractivity contribution in [3.8, 4) is 5.75 Å². The van der Waals surface area contributed by atoms with Gasteiger partial charge in [0.2, 0.25) is 0 Å². The molecule has 0 aliphatic carbocycles. The molecule has 2 aromatic carbocycles. The van der Waals surface area contributed by atoms with E-state index in [9.17, 15) is 9.90 Å². The summed E-state index contributed by atoms with van der Waals surface area (Å²) in [5.41, 5.74) is 2.82. The van der Waals surface area contributed by atoms with Crippen LogP contribution >= 0.6 is 0 Å². The largest absolute Gasteiger partial charge is 0.508 e. The number of aryl methyl sites for hydroxylation is 1. The van der Waals surface area contributed by atoms with E-state index in [1.807, 2.05) is 49.4 Å². The number of ether oxygens (including phenoxy) is 1. The zero-order chi connectivity index (χ0) is 15.8. The number of hydrogen-bond donors (Lipinski definition) is 2. The highest BCUT2D eigenvalue weighted by atomic mass is 16.5. The Morgan fingerprint density at radius 2 is 2.00 bits per heavy atom. The van der Waals surface area contributed by atoms with Crippen molar-refractivity contribution in [3.05, 3.63) is 71.3 Å². The summed E-state index contributed by atoms with van der Waals surface area (Å²) in [6.07, 6.45) is 3.18. The van der Waals surface area contributed by atoms with Gasteiger partial charge in [-0.1, -0.05) is 48.6 Å². The summed E-state index contributed by atoms with van der Waals surface area (Å²) >= 11 is 0. The molecule has 0 atom stereocenters. The summed E-state index contributed by atoms with van der Waals surface area (Å²) in [6.45, 7) is 2.53. The average molecular weight is 297 g/mol. The molecule has 2 rings (SSSR count). The lowest BCUT2D eigenvalue weighted by atomic mass is 10.1. The van der Waals surface area contributed by atoms with Gasteiger partial charge in [0.1, 0.15) is 12.4 Å². The van der Waals surface area contributed by atoms with Gasteiger partial charge in [-0.2, -0.15) is 0 Å². The number of aromatic hydroxyl groups is 1. The Morgan fingerprint density at radius 3 is 2.73 bits per heavy atom. The van der Waals surface area contributed by atoms with Crippen molar-refractivity contribution >= 4 is 12.2 Å². The Hall–Kier alpha value is -2.75. The van der Waals surface area contributed by atoms with Gasteiger partial charge in [-0.25, -0.2) is 4.79 Å². The van der Waals surface area contributed by atoms with Gasteiger partial charge in [0.05, 0.1) is 0 Å². The smallest absolute Gasteiger partial charge is 0.407 e. The minimum atomic E-state index is -0.458. The Balaban J connectivity index is 1.73. The minimum Gasteiger partial charge on any atom is -0.508 e. The van der Waals surface area contributed by atoms with Crippen LogP contribution in [0.4, 0.5) is 4.79 Å². The second kappa shape index (κ2) is 7.88. The molecule has 2 aromatic rings. The van der Waals surface area contributed by atoms with Gasteiger partial charge in [0, 0.05) is 6.54 Å². The summed E-state index contributed by atoms with van der Waals surface area (Å²) in [5, 5.41) is 12.1. The molecule has 114 valence electrons. The van der Waals surface area contributed by atoms with Crippen molar-refractivity contribution in [1.29, 1.82) is 0 Å². The van der Waals surface area contributed by atoms with Gasteiger partial charge in [-0.15, -0.1) is 0 Å². The maximum atomic E-state index is 11.5. The second-order valence-corrected chi connectivity index (χ2v) is 4.95. The van der Waals surface area contributed by atoms with Crippen LogP contribution in [-0.4, -0.2) is 17.7 Å². The van der Waals surface area contributed by atoms with Crippen LogP contribution in [0.2, 0.25) is 0 Å². The lowest BCUT2D eigenvalue weighted by Gasteiger charge is -2.05. The topological polar surface area (TPSA) is 58.6 Å². The zero-order valence-corrected chi connectivity index (χ0v) is 12.5. The van der Waals surface area contributed by atoms with Crippen molar-refractivity contribution < 1.29 is 14.6 Å². The van der Waals surface area contributed by atoms with E-state index in [-0.39, 0.29) is 12.4 Å². The Morgan fingerprint density at radius 1 is 1.23 bits per heavy atom. The fraction of sp³-hybridized carbons (Fsp3) is 0.167. The van der Waals surface area contributed by atoms with Crippen LogP contribution in [0.1, 0.15) is 16.7 Å². The molecule has 0 spiro atoms. The summed E-state index contributed by atoms with van der Waals surface area (Å²) in [7, 11) is 0. The molecule has 4 heteroatoms. The van der Waals surface area contributed by atoms with Crippen molar-refractivity contribution in [1.82, 2.24) is 5.32 Å². The molecule has 0 radical (unpaired) electrons. The van der Waals surface area contributed by atoms with Crippen molar-refractivity contribution in [3.63, 3.8) is 0 Å². The molecule has 0 aromatic heterocycles. The number of carbonyl (C=O) groups excluding carboxylic acids is 1. The molecule has 0 heterocycles. The highest BCUT2D eigenvalue weighted by molar-refractivity contribution is 5.67. The van der Waals surface area contributed by atoms with E-state index in [2.05, 4.69) is 5.32 Å². The lowest BCUT2D eigenvalue weighted by Crippen LogP contribution is -2.24. The Kier molecular flexibility index (Phi) is 5.60. The number of rotatable bonds is 5. The van der Waals surface area contributed by atoms with Gasteiger partial charge in [-0.3, -0.25) is 0 Å². The van der Waals surface area contributed by atoms with E-state index >= 15 is 0 Å². The molecular formula is C18H19NO3. The molecule has 0 saturated heterocycles. The molecule has 4 nitrogen and oxygen atoms in total. The van der Waals surface area contributed by atoms with Crippen LogP contribution in [0, 0.1) is 6.92 Å². The number of hydrogen-bond acceptors (Lipinski definition) is 3. The van der Waals surface area contributed by atoms with E-state index < -0.39 is 6.09 Å². The molecule has 22 heavy (non-hydrogen) atoms. The van der Waals surface area contributed by atoms with Crippen molar-refractivity contribution in [2.75, 3.05) is 6.54 Å². The second-order valence-electron chi connectivity index (χ2n) is 4.95. The Labute approximate surface area is 130 Å². The third kappa shape index (κ3) is 5.32. The summed E-state index contributed by atoms with van der Waals surface area (Å²) in [4.78, 5) is 11.5. The fourth-order valence-corrected chi connectivity index (χ4v) is 2.00. The SMILES string of the molecule is Cc1cc(O)cc(C=CCNC(=O)OCc2ccccc2)c1. The summed E-state index contributed by atoms with van der Waals surface area (Å²) in [5.74, 6) is 0.231. The fourth-order valence-electron chi connectivity index (χ4n) is 2.00. The van der Waals surface area contributed by atoms with Crippen molar-refractivity contribution in [2.24, 2.45) is 0 Å². The van der Waals surface area contributed by atoms with Gasteiger partial charge in [0.25, 0.3) is 0 Å². The van der Waals surface area contributed by atoms with E-state index in [0.717, 1.165) is 16.7 Å².